The Kier molecular flexibility index (Phi) is 7.68. The van der Waals surface area contributed by atoms with Crippen LogP contribution in [0.2, 0.25) is 0 Å². The first-order chi connectivity index (χ1) is 14.7. The fraction of sp³-hybridized carbons (Fsp3) is 0.526. The van der Waals surface area contributed by atoms with Crippen LogP contribution in [-0.2, 0) is 16.1 Å². The van der Waals surface area contributed by atoms with E-state index in [1.165, 1.54) is 11.3 Å². The van der Waals surface area contributed by atoms with Gasteiger partial charge in [-0.1, -0.05) is 6.07 Å². The number of aromatic nitrogens is 1. The van der Waals surface area contributed by atoms with Crippen LogP contribution in [0.25, 0.3) is 0 Å². The number of halogens is 3. The molecule has 1 spiro atoms. The fourth-order valence-electron chi connectivity index (χ4n) is 3.56. The molecular formula is C19H22F3N3O4S2. The zero-order chi connectivity index (χ0) is 22.5. The number of thiophene rings is 1. The van der Waals surface area contributed by atoms with Crippen LogP contribution < -0.4 is 0 Å². The molecule has 2 aliphatic heterocycles. The van der Waals surface area contributed by atoms with E-state index >= 15 is 0 Å². The summed E-state index contributed by atoms with van der Waals surface area (Å²) >= 11 is 3.23. The Hall–Kier alpha value is -2.02. The first kappa shape index (κ1) is 23.6. The van der Waals surface area contributed by atoms with Gasteiger partial charge < -0.3 is 14.7 Å². The van der Waals surface area contributed by atoms with Gasteiger partial charge in [0.25, 0.3) is 5.91 Å². The van der Waals surface area contributed by atoms with Gasteiger partial charge in [-0.05, 0) is 24.3 Å². The summed E-state index contributed by atoms with van der Waals surface area (Å²) in [5.74, 6) is -2.59. The highest BCUT2D eigenvalue weighted by molar-refractivity contribution is 7.12. The maximum absolute atomic E-state index is 12.5. The number of ether oxygens (including phenoxy) is 1. The van der Waals surface area contributed by atoms with Crippen molar-refractivity contribution < 1.29 is 32.6 Å². The smallest absolute Gasteiger partial charge is 0.475 e. The average Bonchev–Trinajstić information content (AvgIpc) is 3.42. The summed E-state index contributed by atoms with van der Waals surface area (Å²) in [5, 5.41) is 12.3. The molecule has 31 heavy (non-hydrogen) atoms. The second-order valence-corrected chi connectivity index (χ2v) is 9.17. The molecule has 2 aliphatic rings. The van der Waals surface area contributed by atoms with E-state index in [-0.39, 0.29) is 11.5 Å². The lowest BCUT2D eigenvalue weighted by Crippen LogP contribution is -2.57. The van der Waals surface area contributed by atoms with Crippen LogP contribution in [0.1, 0.15) is 27.5 Å². The Morgan fingerprint density at radius 3 is 2.45 bits per heavy atom. The third-order valence-electron chi connectivity index (χ3n) is 5.11. The van der Waals surface area contributed by atoms with Crippen molar-refractivity contribution in [3.05, 3.63) is 39.0 Å². The van der Waals surface area contributed by atoms with Gasteiger partial charge in [-0.3, -0.25) is 9.69 Å². The van der Waals surface area contributed by atoms with Crippen molar-refractivity contribution in [1.29, 1.82) is 0 Å². The highest BCUT2D eigenvalue weighted by Gasteiger charge is 2.41. The number of nitrogens with zero attached hydrogens (tertiary/aromatic N) is 3. The molecule has 1 amide bonds. The first-order valence-corrected chi connectivity index (χ1v) is 11.3. The zero-order valence-corrected chi connectivity index (χ0v) is 18.1. The highest BCUT2D eigenvalue weighted by Crippen LogP contribution is 2.31. The summed E-state index contributed by atoms with van der Waals surface area (Å²) in [5.41, 5.74) is -0.0955. The number of hydrogen-bond donors (Lipinski definition) is 1. The van der Waals surface area contributed by atoms with E-state index < -0.39 is 12.1 Å². The minimum Gasteiger partial charge on any atom is -0.475 e. The predicted molar refractivity (Wildman–Crippen MR) is 109 cm³/mol. The number of likely N-dealkylation sites (tertiary alicyclic amines) is 1. The maximum Gasteiger partial charge on any atom is 0.490 e. The molecule has 2 fully saturated rings. The summed E-state index contributed by atoms with van der Waals surface area (Å²) in [4.78, 5) is 31.0. The van der Waals surface area contributed by atoms with Gasteiger partial charge in [-0.15, -0.1) is 22.7 Å². The fourth-order valence-corrected chi connectivity index (χ4v) is 4.91. The van der Waals surface area contributed by atoms with Gasteiger partial charge in [0.1, 0.15) is 5.01 Å². The molecule has 4 heterocycles. The number of rotatable bonds is 3. The number of carboxylic acids is 1. The topological polar surface area (TPSA) is 83.0 Å². The molecule has 0 bridgehead atoms. The molecule has 0 aromatic carbocycles. The summed E-state index contributed by atoms with van der Waals surface area (Å²) < 4.78 is 37.9. The van der Waals surface area contributed by atoms with E-state index in [1.807, 2.05) is 34.0 Å². The van der Waals surface area contributed by atoms with E-state index in [9.17, 15) is 18.0 Å². The van der Waals surface area contributed by atoms with Gasteiger partial charge in [-0.2, -0.15) is 13.2 Å². The molecular weight excluding hydrogens is 455 g/mol. The summed E-state index contributed by atoms with van der Waals surface area (Å²) in [6.45, 7) is 5.13. The van der Waals surface area contributed by atoms with Gasteiger partial charge in [0, 0.05) is 37.8 Å². The molecule has 0 radical (unpaired) electrons. The lowest BCUT2D eigenvalue weighted by Gasteiger charge is -2.47. The highest BCUT2D eigenvalue weighted by atomic mass is 32.1. The Balaban J connectivity index is 0.000000339. The van der Waals surface area contributed by atoms with Crippen molar-refractivity contribution >= 4 is 34.6 Å². The molecule has 0 unspecified atom stereocenters. The molecule has 7 nitrogen and oxygen atoms in total. The van der Waals surface area contributed by atoms with Crippen LogP contribution in [0.5, 0.6) is 0 Å². The van der Waals surface area contributed by atoms with Crippen LogP contribution in [0.4, 0.5) is 13.2 Å². The maximum atomic E-state index is 12.5. The third kappa shape index (κ3) is 6.48. The van der Waals surface area contributed by atoms with Crippen LogP contribution in [-0.4, -0.2) is 76.3 Å². The number of amides is 1. The summed E-state index contributed by atoms with van der Waals surface area (Å²) in [6.07, 6.45) is -1.39. The number of hydrogen-bond acceptors (Lipinski definition) is 7. The summed E-state index contributed by atoms with van der Waals surface area (Å²) in [6, 6.07) is 3.84. The van der Waals surface area contributed by atoms with Crippen LogP contribution in [0, 0.1) is 0 Å². The quantitative estimate of drug-likeness (QED) is 0.730. The van der Waals surface area contributed by atoms with E-state index in [1.54, 1.807) is 11.3 Å². The SMILES string of the molecule is O=C(O)C(F)(F)F.O=C(c1cccs1)N1CCC2(CC1)CN(Cc1nccs1)CCO2. The molecule has 170 valence electrons. The second kappa shape index (κ2) is 10.1. The lowest BCUT2D eigenvalue weighted by atomic mass is 9.89. The Bertz CT molecular complexity index is 851. The van der Waals surface area contributed by atoms with Crippen molar-refractivity contribution in [3.63, 3.8) is 0 Å². The van der Waals surface area contributed by atoms with E-state index in [0.717, 1.165) is 62.1 Å². The number of carboxylic acid groups (broad SMARTS) is 1. The predicted octanol–water partition coefficient (Wildman–Crippen LogP) is 3.35. The Morgan fingerprint density at radius 1 is 1.19 bits per heavy atom. The molecule has 2 saturated heterocycles. The normalized spacial score (nSPS) is 19.0. The molecule has 0 aliphatic carbocycles. The number of alkyl halides is 3. The van der Waals surface area contributed by atoms with E-state index in [4.69, 9.17) is 14.6 Å². The van der Waals surface area contributed by atoms with E-state index in [2.05, 4.69) is 9.88 Å². The number of piperidine rings is 1. The van der Waals surface area contributed by atoms with Crippen molar-refractivity contribution in [2.75, 3.05) is 32.8 Å². The van der Waals surface area contributed by atoms with Crippen molar-refractivity contribution in [2.45, 2.75) is 31.2 Å². The van der Waals surface area contributed by atoms with Crippen LogP contribution in [0.15, 0.2) is 29.1 Å². The van der Waals surface area contributed by atoms with E-state index in [0.29, 0.717) is 0 Å². The monoisotopic (exact) mass is 477 g/mol. The number of aliphatic carboxylic acids is 1. The van der Waals surface area contributed by atoms with Gasteiger partial charge in [0.15, 0.2) is 0 Å². The summed E-state index contributed by atoms with van der Waals surface area (Å²) in [7, 11) is 0. The Labute approximate surface area is 185 Å². The molecule has 1 N–H and O–H groups in total. The lowest BCUT2D eigenvalue weighted by molar-refractivity contribution is -0.192. The minimum absolute atomic E-state index is 0.0955. The molecule has 0 atom stereocenters. The average molecular weight is 478 g/mol. The zero-order valence-electron chi connectivity index (χ0n) is 16.5. The van der Waals surface area contributed by atoms with Crippen molar-refractivity contribution in [3.8, 4) is 0 Å². The van der Waals surface area contributed by atoms with Gasteiger partial charge >= 0.3 is 12.1 Å². The number of morpholine rings is 1. The number of carbonyl (C=O) groups is 2. The minimum atomic E-state index is -5.08. The van der Waals surface area contributed by atoms with Crippen LogP contribution in [0.3, 0.4) is 0 Å². The standard InChI is InChI=1S/C17H21N3O2S2.C2HF3O2/c21-16(14-2-1-10-23-14)20-6-3-17(4-7-20)13-19(8-9-22-17)12-15-18-5-11-24-15;3-2(4,5)1(6)7/h1-2,5,10-11H,3-4,6-9,12-13H2;(H,6,7). The molecule has 4 rings (SSSR count). The van der Waals surface area contributed by atoms with Crippen LogP contribution >= 0.6 is 22.7 Å². The van der Waals surface area contributed by atoms with Gasteiger partial charge in [-0.25, -0.2) is 9.78 Å². The molecule has 2 aromatic rings. The second-order valence-electron chi connectivity index (χ2n) is 7.24. The largest absolute Gasteiger partial charge is 0.490 e. The molecule has 12 heteroatoms. The Morgan fingerprint density at radius 2 is 1.90 bits per heavy atom. The molecule has 0 saturated carbocycles. The van der Waals surface area contributed by atoms with Gasteiger partial charge in [0.2, 0.25) is 0 Å². The molecule has 2 aromatic heterocycles. The number of thiazole rings is 1. The first-order valence-electron chi connectivity index (χ1n) is 9.56. The van der Waals surface area contributed by atoms with Crippen molar-refractivity contribution in [2.24, 2.45) is 0 Å². The van der Waals surface area contributed by atoms with Gasteiger partial charge in [0.05, 0.1) is 23.6 Å². The number of carbonyl (C=O) groups excluding carboxylic acids is 1. The van der Waals surface area contributed by atoms with Crippen molar-refractivity contribution in [1.82, 2.24) is 14.8 Å². The third-order valence-corrected chi connectivity index (χ3v) is 6.73.